The van der Waals surface area contributed by atoms with E-state index in [-0.39, 0.29) is 0 Å². The molecule has 0 saturated heterocycles. The van der Waals surface area contributed by atoms with E-state index in [1.807, 2.05) is 0 Å². The van der Waals surface area contributed by atoms with Crippen LogP contribution in [0.25, 0.3) is 71.3 Å². The summed E-state index contributed by atoms with van der Waals surface area (Å²) in [6, 6.07) is 64.8. The highest BCUT2D eigenvalue weighted by Gasteiger charge is 2.20. The van der Waals surface area contributed by atoms with E-state index in [1.54, 1.807) is 0 Å². The highest BCUT2D eigenvalue weighted by Crippen LogP contribution is 2.43. The molecule has 49 heavy (non-hydrogen) atoms. The number of anilines is 3. The van der Waals surface area contributed by atoms with Crippen LogP contribution in [0.5, 0.6) is 0 Å². The summed E-state index contributed by atoms with van der Waals surface area (Å²) in [5.74, 6) is 0. The Bertz CT molecular complexity index is 2810. The normalized spacial score (nSPS) is 11.7. The Labute approximate surface area is 283 Å². The topological polar surface area (TPSA) is 21.3 Å². The first-order chi connectivity index (χ1) is 24.3. The van der Waals surface area contributed by atoms with Gasteiger partial charge in [0.05, 0.1) is 16.7 Å². The number of fused-ring (bicyclic) bond motifs is 8. The standard InChI is InChI=1S/C46H30N2O/c1-3-12-31(13-4-1)32-22-25-35(26-23-32)47(34-15-5-2-6-16-34)36-27-29-44-41(30-36)40-19-11-21-43(46(40)49-44)48-42-20-10-9-18-38(42)39-28-24-33-14-7-8-17-37(33)45(39)48/h1-30H. The van der Waals surface area contributed by atoms with Crippen molar-refractivity contribution in [2.45, 2.75) is 0 Å². The van der Waals surface area contributed by atoms with Gasteiger partial charge in [-0.25, -0.2) is 0 Å². The highest BCUT2D eigenvalue weighted by atomic mass is 16.3. The third-order valence-electron chi connectivity index (χ3n) is 9.77. The summed E-state index contributed by atoms with van der Waals surface area (Å²) in [6.45, 7) is 0. The molecule has 0 fully saturated rings. The largest absolute Gasteiger partial charge is 0.454 e. The van der Waals surface area contributed by atoms with E-state index in [4.69, 9.17) is 4.42 Å². The van der Waals surface area contributed by atoms with Gasteiger partial charge in [-0.2, -0.15) is 0 Å². The van der Waals surface area contributed by atoms with Crippen molar-refractivity contribution in [2.75, 3.05) is 4.90 Å². The minimum atomic E-state index is 0.865. The summed E-state index contributed by atoms with van der Waals surface area (Å²) >= 11 is 0. The van der Waals surface area contributed by atoms with E-state index in [2.05, 4.69) is 191 Å². The van der Waals surface area contributed by atoms with Crippen molar-refractivity contribution in [1.82, 2.24) is 4.57 Å². The molecule has 0 amide bonds. The number of rotatable bonds is 5. The summed E-state index contributed by atoms with van der Waals surface area (Å²) in [4.78, 5) is 2.32. The SMILES string of the molecule is c1ccc(-c2ccc(N(c3ccccc3)c3ccc4oc5c(-n6c7ccccc7c7ccc8ccccc8c76)cccc5c4c3)cc2)cc1. The van der Waals surface area contributed by atoms with Gasteiger partial charge in [0.1, 0.15) is 5.58 Å². The fourth-order valence-corrected chi connectivity index (χ4v) is 7.53. The van der Waals surface area contributed by atoms with Crippen molar-refractivity contribution in [2.24, 2.45) is 0 Å². The van der Waals surface area contributed by atoms with Crippen LogP contribution < -0.4 is 4.90 Å². The maximum Gasteiger partial charge on any atom is 0.159 e. The monoisotopic (exact) mass is 626 g/mol. The van der Waals surface area contributed by atoms with E-state index in [1.165, 1.54) is 38.2 Å². The molecule has 2 aromatic heterocycles. The number of hydrogen-bond acceptors (Lipinski definition) is 2. The summed E-state index contributed by atoms with van der Waals surface area (Å²) in [5.41, 5.74) is 10.8. The number of para-hydroxylation sites is 3. The zero-order chi connectivity index (χ0) is 32.3. The Morgan fingerprint density at radius 2 is 1.06 bits per heavy atom. The number of aromatic nitrogens is 1. The smallest absolute Gasteiger partial charge is 0.159 e. The Morgan fingerprint density at radius 3 is 1.90 bits per heavy atom. The van der Waals surface area contributed by atoms with Crippen molar-refractivity contribution in [1.29, 1.82) is 0 Å². The van der Waals surface area contributed by atoms with Crippen molar-refractivity contribution in [3.63, 3.8) is 0 Å². The molecule has 0 N–H and O–H groups in total. The molecule has 0 aliphatic rings. The maximum atomic E-state index is 6.79. The van der Waals surface area contributed by atoms with Crippen LogP contribution >= 0.6 is 0 Å². The van der Waals surface area contributed by atoms with Gasteiger partial charge in [-0.3, -0.25) is 0 Å². The van der Waals surface area contributed by atoms with Crippen LogP contribution in [0.3, 0.4) is 0 Å². The van der Waals surface area contributed by atoms with Crippen LogP contribution in [-0.2, 0) is 0 Å². The first kappa shape index (κ1) is 27.5. The molecular weight excluding hydrogens is 597 g/mol. The minimum absolute atomic E-state index is 0.865. The molecule has 0 atom stereocenters. The molecule has 3 nitrogen and oxygen atoms in total. The number of furan rings is 1. The lowest BCUT2D eigenvalue weighted by atomic mass is 10.0. The second kappa shape index (κ2) is 11.0. The van der Waals surface area contributed by atoms with Crippen LogP contribution in [0.15, 0.2) is 186 Å². The molecule has 0 aliphatic heterocycles. The molecule has 3 heteroatoms. The van der Waals surface area contributed by atoms with Crippen molar-refractivity contribution in [3.8, 4) is 16.8 Å². The number of nitrogens with zero attached hydrogens (tertiary/aromatic N) is 2. The highest BCUT2D eigenvalue weighted by molar-refractivity contribution is 6.19. The first-order valence-corrected chi connectivity index (χ1v) is 16.7. The lowest BCUT2D eigenvalue weighted by Gasteiger charge is -2.25. The molecule has 0 saturated carbocycles. The van der Waals surface area contributed by atoms with Crippen LogP contribution in [0.4, 0.5) is 17.1 Å². The van der Waals surface area contributed by atoms with Gasteiger partial charge in [-0.15, -0.1) is 0 Å². The van der Waals surface area contributed by atoms with Crippen LogP contribution in [-0.4, -0.2) is 4.57 Å². The summed E-state index contributed by atoms with van der Waals surface area (Å²) in [7, 11) is 0. The predicted molar refractivity (Wildman–Crippen MR) is 206 cm³/mol. The number of benzene rings is 8. The predicted octanol–water partition coefficient (Wildman–Crippen LogP) is 13.0. The van der Waals surface area contributed by atoms with Crippen LogP contribution in [0.1, 0.15) is 0 Å². The van der Waals surface area contributed by atoms with E-state index in [9.17, 15) is 0 Å². The zero-order valence-electron chi connectivity index (χ0n) is 26.6. The quantitative estimate of drug-likeness (QED) is 0.190. The molecular formula is C46H30N2O. The molecule has 0 aliphatic carbocycles. The molecule has 10 aromatic rings. The molecule has 0 radical (unpaired) electrons. The fraction of sp³-hybridized carbons (Fsp3) is 0. The number of hydrogen-bond donors (Lipinski definition) is 0. The van der Waals surface area contributed by atoms with E-state index >= 15 is 0 Å². The maximum absolute atomic E-state index is 6.79. The van der Waals surface area contributed by atoms with Gasteiger partial charge < -0.3 is 13.9 Å². The minimum Gasteiger partial charge on any atom is -0.454 e. The summed E-state index contributed by atoms with van der Waals surface area (Å²) in [6.07, 6.45) is 0. The van der Waals surface area contributed by atoms with Crippen molar-refractivity contribution >= 4 is 71.6 Å². The van der Waals surface area contributed by atoms with Gasteiger partial charge in [-0.1, -0.05) is 127 Å². The Morgan fingerprint density at radius 1 is 0.408 bits per heavy atom. The Kier molecular flexibility index (Phi) is 6.18. The van der Waals surface area contributed by atoms with Gasteiger partial charge in [0.15, 0.2) is 5.58 Å². The average molecular weight is 627 g/mol. The molecule has 0 unspecified atom stereocenters. The van der Waals surface area contributed by atoms with Gasteiger partial charge in [0, 0.05) is 44.0 Å². The third kappa shape index (κ3) is 4.37. The van der Waals surface area contributed by atoms with Gasteiger partial charge in [-0.05, 0) is 71.1 Å². The first-order valence-electron chi connectivity index (χ1n) is 16.7. The molecule has 8 aromatic carbocycles. The van der Waals surface area contributed by atoms with E-state index in [0.717, 1.165) is 50.2 Å². The van der Waals surface area contributed by atoms with E-state index < -0.39 is 0 Å². The zero-order valence-corrected chi connectivity index (χ0v) is 26.6. The lowest BCUT2D eigenvalue weighted by molar-refractivity contribution is 0.666. The fourth-order valence-electron chi connectivity index (χ4n) is 7.53. The Balaban J connectivity index is 1.17. The lowest BCUT2D eigenvalue weighted by Crippen LogP contribution is -2.09. The molecule has 0 bridgehead atoms. The van der Waals surface area contributed by atoms with Crippen molar-refractivity contribution < 1.29 is 4.42 Å². The average Bonchev–Trinajstić information content (AvgIpc) is 3.72. The van der Waals surface area contributed by atoms with Crippen molar-refractivity contribution in [3.05, 3.63) is 182 Å². The molecule has 0 spiro atoms. The second-order valence-electron chi connectivity index (χ2n) is 12.6. The second-order valence-corrected chi connectivity index (χ2v) is 12.6. The molecule has 10 rings (SSSR count). The van der Waals surface area contributed by atoms with Crippen LogP contribution in [0, 0.1) is 0 Å². The summed E-state index contributed by atoms with van der Waals surface area (Å²) in [5, 5.41) is 7.09. The van der Waals surface area contributed by atoms with E-state index in [0.29, 0.717) is 0 Å². The van der Waals surface area contributed by atoms with Gasteiger partial charge in [0.2, 0.25) is 0 Å². The molecule has 2 heterocycles. The third-order valence-corrected chi connectivity index (χ3v) is 9.77. The summed E-state index contributed by atoms with van der Waals surface area (Å²) < 4.78 is 9.18. The van der Waals surface area contributed by atoms with Gasteiger partial charge >= 0.3 is 0 Å². The van der Waals surface area contributed by atoms with Gasteiger partial charge in [0.25, 0.3) is 0 Å². The molecule has 230 valence electrons. The van der Waals surface area contributed by atoms with Crippen LogP contribution in [0.2, 0.25) is 0 Å². The Hall–Kier alpha value is -6.58.